The summed E-state index contributed by atoms with van der Waals surface area (Å²) in [5.41, 5.74) is 2.98. The van der Waals surface area contributed by atoms with Crippen LogP contribution >= 0.6 is 0 Å². The monoisotopic (exact) mass is 417 g/mol. The first-order chi connectivity index (χ1) is 14.9. The second kappa shape index (κ2) is 7.98. The standard InChI is InChI=1S/C23H19N3O5/c1-13-11-19(17-12-15(23(30)31-2)5-8-18(17)24-13)25-22(29)14-3-6-16(7-4-14)26-20(27)9-10-21(26)28/h3-8,11-12H,9-10H2,1-2H3,(H,24,25,29). The molecule has 4 rings (SSSR count). The summed E-state index contributed by atoms with van der Waals surface area (Å²) in [6, 6.07) is 12.9. The molecular formula is C23H19N3O5. The summed E-state index contributed by atoms with van der Waals surface area (Å²) < 4.78 is 4.77. The molecule has 3 aromatic rings. The molecule has 0 bridgehead atoms. The molecule has 2 heterocycles. The van der Waals surface area contributed by atoms with E-state index < -0.39 is 5.97 Å². The zero-order valence-corrected chi connectivity index (χ0v) is 17.0. The van der Waals surface area contributed by atoms with E-state index >= 15 is 0 Å². The number of imide groups is 1. The van der Waals surface area contributed by atoms with E-state index in [0.717, 1.165) is 4.90 Å². The Morgan fingerprint density at radius 3 is 2.26 bits per heavy atom. The lowest BCUT2D eigenvalue weighted by molar-refractivity contribution is -0.121. The highest BCUT2D eigenvalue weighted by molar-refractivity contribution is 6.20. The molecule has 2 aromatic carbocycles. The first-order valence-electron chi connectivity index (χ1n) is 9.64. The molecule has 0 spiro atoms. The van der Waals surface area contributed by atoms with Gasteiger partial charge < -0.3 is 10.1 Å². The van der Waals surface area contributed by atoms with Crippen LogP contribution in [0, 0.1) is 6.92 Å². The predicted octanol–water partition coefficient (Wildman–Crippen LogP) is 3.24. The van der Waals surface area contributed by atoms with Crippen molar-refractivity contribution in [2.24, 2.45) is 0 Å². The SMILES string of the molecule is COC(=O)c1ccc2nc(C)cc(NC(=O)c3ccc(N4C(=O)CCC4=O)cc3)c2c1. The van der Waals surface area contributed by atoms with Crippen molar-refractivity contribution in [1.82, 2.24) is 4.98 Å². The van der Waals surface area contributed by atoms with E-state index in [4.69, 9.17) is 4.74 Å². The molecule has 1 fully saturated rings. The van der Waals surface area contributed by atoms with E-state index in [2.05, 4.69) is 10.3 Å². The van der Waals surface area contributed by atoms with Crippen LogP contribution in [0.3, 0.4) is 0 Å². The molecule has 1 aliphatic rings. The fourth-order valence-corrected chi connectivity index (χ4v) is 3.53. The minimum Gasteiger partial charge on any atom is -0.465 e. The Balaban J connectivity index is 1.63. The third kappa shape index (κ3) is 3.87. The van der Waals surface area contributed by atoms with E-state index in [9.17, 15) is 19.2 Å². The highest BCUT2D eigenvalue weighted by Gasteiger charge is 2.30. The lowest BCUT2D eigenvalue weighted by Gasteiger charge is -2.14. The van der Waals surface area contributed by atoms with Crippen LogP contribution in [0.1, 0.15) is 39.3 Å². The Morgan fingerprint density at radius 1 is 0.968 bits per heavy atom. The van der Waals surface area contributed by atoms with Crippen molar-refractivity contribution in [1.29, 1.82) is 0 Å². The molecule has 3 amide bonds. The minimum atomic E-state index is -0.485. The van der Waals surface area contributed by atoms with Gasteiger partial charge in [0.15, 0.2) is 0 Å². The Labute approximate surface area is 177 Å². The topological polar surface area (TPSA) is 106 Å². The van der Waals surface area contributed by atoms with Gasteiger partial charge in [-0.3, -0.25) is 24.3 Å². The van der Waals surface area contributed by atoms with Crippen LogP contribution in [0.4, 0.5) is 11.4 Å². The maximum Gasteiger partial charge on any atom is 0.337 e. The molecule has 0 unspecified atom stereocenters. The van der Waals surface area contributed by atoms with Crippen LogP contribution in [0.25, 0.3) is 10.9 Å². The van der Waals surface area contributed by atoms with Crippen molar-refractivity contribution < 1.29 is 23.9 Å². The van der Waals surface area contributed by atoms with Gasteiger partial charge in [0.1, 0.15) is 0 Å². The summed E-state index contributed by atoms with van der Waals surface area (Å²) in [7, 11) is 1.30. The number of rotatable bonds is 4. The van der Waals surface area contributed by atoms with Gasteiger partial charge in [0, 0.05) is 29.5 Å². The Kier molecular flexibility index (Phi) is 5.21. The van der Waals surface area contributed by atoms with Gasteiger partial charge in [0.25, 0.3) is 5.91 Å². The van der Waals surface area contributed by atoms with E-state index in [-0.39, 0.29) is 30.6 Å². The summed E-state index contributed by atoms with van der Waals surface area (Å²) in [5, 5.41) is 3.46. The number of anilines is 2. The molecule has 1 N–H and O–H groups in total. The molecule has 1 aromatic heterocycles. The predicted molar refractivity (Wildman–Crippen MR) is 114 cm³/mol. The van der Waals surface area contributed by atoms with Gasteiger partial charge in [-0.05, 0) is 55.5 Å². The number of nitrogens with zero attached hydrogens (tertiary/aromatic N) is 2. The van der Waals surface area contributed by atoms with Crippen LogP contribution in [0.5, 0.6) is 0 Å². The van der Waals surface area contributed by atoms with Crippen LogP contribution in [0.15, 0.2) is 48.5 Å². The average molecular weight is 417 g/mol. The van der Waals surface area contributed by atoms with Crippen LogP contribution in [-0.2, 0) is 14.3 Å². The summed E-state index contributed by atoms with van der Waals surface area (Å²) in [6.45, 7) is 1.81. The van der Waals surface area contributed by atoms with Crippen molar-refractivity contribution in [3.63, 3.8) is 0 Å². The number of esters is 1. The third-order valence-electron chi connectivity index (χ3n) is 5.05. The molecular weight excluding hydrogens is 398 g/mol. The highest BCUT2D eigenvalue weighted by Crippen LogP contribution is 2.26. The summed E-state index contributed by atoms with van der Waals surface area (Å²) in [5.74, 6) is -1.35. The van der Waals surface area contributed by atoms with Crippen LogP contribution in [-0.4, -0.2) is 35.8 Å². The smallest absolute Gasteiger partial charge is 0.337 e. The van der Waals surface area contributed by atoms with Gasteiger partial charge in [-0.15, -0.1) is 0 Å². The number of pyridine rings is 1. The first kappa shape index (κ1) is 20.2. The van der Waals surface area contributed by atoms with E-state index in [1.165, 1.54) is 7.11 Å². The Hall–Kier alpha value is -4.07. The number of benzene rings is 2. The van der Waals surface area contributed by atoms with Gasteiger partial charge in [-0.25, -0.2) is 4.79 Å². The number of methoxy groups -OCH3 is 1. The summed E-state index contributed by atoms with van der Waals surface area (Å²) in [6.07, 6.45) is 0.395. The second-order valence-electron chi connectivity index (χ2n) is 7.16. The van der Waals surface area contributed by atoms with E-state index in [0.29, 0.717) is 39.1 Å². The zero-order valence-electron chi connectivity index (χ0n) is 17.0. The molecule has 8 nitrogen and oxygen atoms in total. The van der Waals surface area contributed by atoms with Crippen molar-refractivity contribution >= 4 is 46.0 Å². The molecule has 0 atom stereocenters. The molecule has 1 saturated heterocycles. The Morgan fingerprint density at radius 2 is 1.61 bits per heavy atom. The number of ether oxygens (including phenoxy) is 1. The second-order valence-corrected chi connectivity index (χ2v) is 7.16. The number of hydrogen-bond acceptors (Lipinski definition) is 6. The number of carbonyl (C=O) groups excluding carboxylic acids is 4. The number of hydrogen-bond donors (Lipinski definition) is 1. The van der Waals surface area contributed by atoms with Gasteiger partial charge >= 0.3 is 5.97 Å². The number of aromatic nitrogens is 1. The van der Waals surface area contributed by atoms with E-state index in [1.54, 1.807) is 48.5 Å². The first-order valence-corrected chi connectivity index (χ1v) is 9.64. The van der Waals surface area contributed by atoms with Crippen molar-refractivity contribution in [2.75, 3.05) is 17.3 Å². The molecule has 156 valence electrons. The minimum absolute atomic E-state index is 0.198. The van der Waals surface area contributed by atoms with E-state index in [1.807, 2.05) is 6.92 Å². The molecule has 0 aliphatic carbocycles. The number of nitrogens with one attached hydrogen (secondary N) is 1. The van der Waals surface area contributed by atoms with Crippen molar-refractivity contribution in [2.45, 2.75) is 19.8 Å². The average Bonchev–Trinajstić information content (AvgIpc) is 3.10. The Bertz CT molecular complexity index is 1220. The third-order valence-corrected chi connectivity index (χ3v) is 5.05. The fourth-order valence-electron chi connectivity index (χ4n) is 3.53. The normalized spacial score (nSPS) is 13.5. The maximum absolute atomic E-state index is 12.8. The van der Waals surface area contributed by atoms with Gasteiger partial charge in [0.05, 0.1) is 29.6 Å². The quantitative estimate of drug-likeness (QED) is 0.516. The number of amides is 3. The van der Waals surface area contributed by atoms with Crippen LogP contribution in [0.2, 0.25) is 0 Å². The number of aryl methyl sites for hydroxylation is 1. The fraction of sp³-hybridized carbons (Fsp3) is 0.174. The van der Waals surface area contributed by atoms with Gasteiger partial charge in [-0.2, -0.15) is 0 Å². The maximum atomic E-state index is 12.8. The van der Waals surface area contributed by atoms with Crippen molar-refractivity contribution in [3.05, 3.63) is 65.4 Å². The highest BCUT2D eigenvalue weighted by atomic mass is 16.5. The number of carbonyl (C=O) groups is 4. The molecule has 1 aliphatic heterocycles. The molecule has 0 saturated carbocycles. The zero-order chi connectivity index (χ0) is 22.1. The van der Waals surface area contributed by atoms with Gasteiger partial charge in [0.2, 0.25) is 11.8 Å². The van der Waals surface area contributed by atoms with Crippen molar-refractivity contribution in [3.8, 4) is 0 Å². The summed E-state index contributed by atoms with van der Waals surface area (Å²) in [4.78, 5) is 54.1. The molecule has 8 heteroatoms. The van der Waals surface area contributed by atoms with Gasteiger partial charge in [-0.1, -0.05) is 0 Å². The lowest BCUT2D eigenvalue weighted by atomic mass is 10.1. The lowest BCUT2D eigenvalue weighted by Crippen LogP contribution is -2.28. The number of fused-ring (bicyclic) bond motifs is 1. The summed E-state index contributed by atoms with van der Waals surface area (Å²) >= 11 is 0. The molecule has 0 radical (unpaired) electrons. The molecule has 31 heavy (non-hydrogen) atoms. The largest absolute Gasteiger partial charge is 0.465 e. The van der Waals surface area contributed by atoms with Crippen LogP contribution < -0.4 is 10.2 Å².